The maximum atomic E-state index is 12.5. The van der Waals surface area contributed by atoms with Crippen LogP contribution in [0.1, 0.15) is 55.0 Å². The molecule has 1 aliphatic carbocycles. The Morgan fingerprint density at radius 3 is 2.83 bits per heavy atom. The summed E-state index contributed by atoms with van der Waals surface area (Å²) < 4.78 is 1.82. The highest BCUT2D eigenvalue weighted by Gasteiger charge is 2.27. The zero-order chi connectivity index (χ0) is 15.8. The van der Waals surface area contributed by atoms with Crippen molar-refractivity contribution < 1.29 is 0 Å². The van der Waals surface area contributed by atoms with Crippen molar-refractivity contribution in [3.05, 3.63) is 27.2 Å². The van der Waals surface area contributed by atoms with Gasteiger partial charge in [-0.3, -0.25) is 4.79 Å². The minimum Gasteiger partial charge on any atom is -0.309 e. The van der Waals surface area contributed by atoms with E-state index in [1.54, 1.807) is 0 Å². The second-order valence-electron chi connectivity index (χ2n) is 6.51. The van der Waals surface area contributed by atoms with Crippen LogP contribution in [-0.4, -0.2) is 21.3 Å². The van der Waals surface area contributed by atoms with E-state index >= 15 is 0 Å². The molecule has 2 aromatic heterocycles. The number of fused-ring (bicyclic) bond motifs is 3. The Hall–Kier alpha value is -2.13. The lowest BCUT2D eigenvalue weighted by Crippen LogP contribution is -2.20. The van der Waals surface area contributed by atoms with E-state index in [1.807, 2.05) is 4.68 Å². The van der Waals surface area contributed by atoms with Crippen LogP contribution in [-0.2, 0) is 19.4 Å². The fraction of sp³-hybridized carbons (Fsp3) is 0.588. The van der Waals surface area contributed by atoms with Gasteiger partial charge in [-0.25, -0.2) is 4.68 Å². The number of nitriles is 1. The number of H-pyrrole nitrogens is 1. The monoisotopic (exact) mass is 311 g/mol. The number of aromatic nitrogens is 3. The Bertz CT molecular complexity index is 835. The van der Waals surface area contributed by atoms with Crippen LogP contribution in [0, 0.1) is 11.3 Å². The zero-order valence-corrected chi connectivity index (χ0v) is 13.2. The van der Waals surface area contributed by atoms with Gasteiger partial charge >= 0.3 is 0 Å². The first kappa shape index (κ1) is 14.5. The first-order chi connectivity index (χ1) is 11.3. The fourth-order valence-electron chi connectivity index (χ4n) is 4.00. The highest BCUT2D eigenvalue weighted by molar-refractivity contribution is 5.84. The molecule has 0 saturated carbocycles. The Morgan fingerprint density at radius 1 is 1.26 bits per heavy atom. The molecule has 0 amide bonds. The summed E-state index contributed by atoms with van der Waals surface area (Å²) in [6.45, 7) is 1.54. The fourth-order valence-corrected chi connectivity index (χ4v) is 4.00. The van der Waals surface area contributed by atoms with E-state index in [4.69, 9.17) is 10.4 Å². The standard InChI is InChI=1S/C17H21N5O/c18-8-4-10-22-16-14(15(21-22)13-7-3-9-19-13)11-5-1-2-6-12(11)17(23)20-16/h13,19H,1-7,9-10H2,(H,20,23). The van der Waals surface area contributed by atoms with Gasteiger partial charge < -0.3 is 10.3 Å². The molecule has 0 bridgehead atoms. The first-order valence-corrected chi connectivity index (χ1v) is 8.54. The van der Waals surface area contributed by atoms with Gasteiger partial charge in [-0.1, -0.05) is 0 Å². The third kappa shape index (κ3) is 2.36. The van der Waals surface area contributed by atoms with Gasteiger partial charge in [-0.15, -0.1) is 0 Å². The highest BCUT2D eigenvalue weighted by Crippen LogP contribution is 2.33. The number of rotatable bonds is 3. The zero-order valence-electron chi connectivity index (χ0n) is 13.2. The van der Waals surface area contributed by atoms with E-state index < -0.39 is 0 Å². The van der Waals surface area contributed by atoms with Gasteiger partial charge in [-0.2, -0.15) is 10.4 Å². The van der Waals surface area contributed by atoms with Gasteiger partial charge in [0.2, 0.25) is 0 Å². The molecule has 120 valence electrons. The predicted octanol–water partition coefficient (Wildman–Crippen LogP) is 1.94. The van der Waals surface area contributed by atoms with Gasteiger partial charge in [0, 0.05) is 10.9 Å². The first-order valence-electron chi connectivity index (χ1n) is 8.54. The molecule has 6 nitrogen and oxygen atoms in total. The molecule has 6 heteroatoms. The normalized spacial score (nSPS) is 20.6. The smallest absolute Gasteiger partial charge is 0.253 e. The third-order valence-electron chi connectivity index (χ3n) is 5.08. The maximum absolute atomic E-state index is 12.5. The van der Waals surface area contributed by atoms with Crippen molar-refractivity contribution >= 4 is 11.0 Å². The summed E-state index contributed by atoms with van der Waals surface area (Å²) in [7, 11) is 0. The number of hydrogen-bond acceptors (Lipinski definition) is 4. The van der Waals surface area contributed by atoms with Crippen molar-refractivity contribution in [2.45, 2.75) is 57.5 Å². The van der Waals surface area contributed by atoms with E-state index in [0.29, 0.717) is 13.0 Å². The molecule has 3 heterocycles. The van der Waals surface area contributed by atoms with Crippen molar-refractivity contribution in [1.29, 1.82) is 5.26 Å². The van der Waals surface area contributed by atoms with Crippen LogP contribution in [0.15, 0.2) is 4.79 Å². The van der Waals surface area contributed by atoms with E-state index in [-0.39, 0.29) is 11.6 Å². The van der Waals surface area contributed by atoms with Crippen molar-refractivity contribution in [3.8, 4) is 6.07 Å². The second-order valence-corrected chi connectivity index (χ2v) is 6.51. The summed E-state index contributed by atoms with van der Waals surface area (Å²) in [6.07, 6.45) is 6.67. The van der Waals surface area contributed by atoms with Crippen LogP contribution in [0.5, 0.6) is 0 Å². The molecular weight excluding hydrogens is 290 g/mol. The van der Waals surface area contributed by atoms with E-state index in [9.17, 15) is 4.79 Å². The SMILES string of the molecule is N#CCCn1nc(C2CCCN2)c2c3c(c(=O)[nH]c21)CCCC3. The predicted molar refractivity (Wildman–Crippen MR) is 87.2 cm³/mol. The van der Waals surface area contributed by atoms with Crippen LogP contribution >= 0.6 is 0 Å². The topological polar surface area (TPSA) is 86.5 Å². The minimum absolute atomic E-state index is 0.0243. The van der Waals surface area contributed by atoms with Crippen LogP contribution in [0.4, 0.5) is 0 Å². The number of nitrogens with zero attached hydrogens (tertiary/aromatic N) is 3. The van der Waals surface area contributed by atoms with Crippen LogP contribution < -0.4 is 10.9 Å². The highest BCUT2D eigenvalue weighted by atomic mass is 16.1. The Kier molecular flexibility index (Phi) is 3.66. The molecule has 0 aromatic carbocycles. The van der Waals surface area contributed by atoms with Gasteiger partial charge in [0.15, 0.2) is 0 Å². The summed E-state index contributed by atoms with van der Waals surface area (Å²) in [5.41, 5.74) is 4.03. The summed E-state index contributed by atoms with van der Waals surface area (Å²) in [5, 5.41) is 18.3. The van der Waals surface area contributed by atoms with Gasteiger partial charge in [0.25, 0.3) is 5.56 Å². The molecule has 2 aromatic rings. The molecule has 1 unspecified atom stereocenters. The average molecular weight is 311 g/mol. The number of hydrogen-bond donors (Lipinski definition) is 2. The molecule has 4 rings (SSSR count). The maximum Gasteiger partial charge on any atom is 0.253 e. The van der Waals surface area contributed by atoms with Crippen molar-refractivity contribution in [2.24, 2.45) is 0 Å². The van der Waals surface area contributed by atoms with Crippen molar-refractivity contribution in [3.63, 3.8) is 0 Å². The van der Waals surface area contributed by atoms with Crippen molar-refractivity contribution in [2.75, 3.05) is 6.54 Å². The Morgan fingerprint density at radius 2 is 2.09 bits per heavy atom. The lowest BCUT2D eigenvalue weighted by molar-refractivity contribution is 0.580. The van der Waals surface area contributed by atoms with Crippen molar-refractivity contribution in [1.82, 2.24) is 20.1 Å². The molecule has 2 N–H and O–H groups in total. The van der Waals surface area contributed by atoms with Crippen LogP contribution in [0.2, 0.25) is 0 Å². The molecule has 1 aliphatic heterocycles. The van der Waals surface area contributed by atoms with E-state index in [0.717, 1.165) is 67.4 Å². The summed E-state index contributed by atoms with van der Waals surface area (Å²) in [6, 6.07) is 2.43. The number of aryl methyl sites for hydroxylation is 2. The van der Waals surface area contributed by atoms with Gasteiger partial charge in [0.05, 0.1) is 30.8 Å². The molecule has 2 aliphatic rings. The summed E-state index contributed by atoms with van der Waals surface area (Å²) in [4.78, 5) is 15.5. The van der Waals surface area contributed by atoms with Crippen LogP contribution in [0.3, 0.4) is 0 Å². The molecule has 1 saturated heterocycles. The molecule has 0 spiro atoms. The number of nitrogens with one attached hydrogen (secondary N) is 2. The number of pyridine rings is 1. The molecule has 1 fully saturated rings. The van der Waals surface area contributed by atoms with Crippen LogP contribution in [0.25, 0.3) is 11.0 Å². The Labute approximate surface area is 134 Å². The largest absolute Gasteiger partial charge is 0.309 e. The summed E-state index contributed by atoms with van der Waals surface area (Å²) in [5.74, 6) is 0. The quantitative estimate of drug-likeness (QED) is 0.907. The van der Waals surface area contributed by atoms with E-state index in [1.165, 1.54) is 5.56 Å². The average Bonchev–Trinajstić information content (AvgIpc) is 3.21. The van der Waals surface area contributed by atoms with Gasteiger partial charge in [-0.05, 0) is 50.6 Å². The lowest BCUT2D eigenvalue weighted by atomic mass is 9.89. The van der Waals surface area contributed by atoms with Gasteiger partial charge in [0.1, 0.15) is 5.65 Å². The minimum atomic E-state index is 0.0243. The lowest BCUT2D eigenvalue weighted by Gasteiger charge is -2.17. The number of aromatic amines is 1. The second kappa shape index (κ2) is 5.82. The molecular formula is C17H21N5O. The summed E-state index contributed by atoms with van der Waals surface area (Å²) >= 11 is 0. The molecule has 1 atom stereocenters. The van der Waals surface area contributed by atoms with E-state index in [2.05, 4.69) is 16.4 Å². The molecule has 0 radical (unpaired) electrons. The third-order valence-corrected chi connectivity index (χ3v) is 5.08. The Balaban J connectivity index is 1.96. The molecule has 23 heavy (non-hydrogen) atoms.